The molecule has 0 saturated heterocycles. The van der Waals surface area contributed by atoms with Gasteiger partial charge in [-0.15, -0.1) is 0 Å². The van der Waals surface area contributed by atoms with E-state index in [9.17, 15) is 4.79 Å². The predicted octanol–water partition coefficient (Wildman–Crippen LogP) is 2.14. The quantitative estimate of drug-likeness (QED) is 0.475. The number of fused-ring (bicyclic) bond motifs is 1. The van der Waals surface area contributed by atoms with Crippen LogP contribution in [0.3, 0.4) is 0 Å². The van der Waals surface area contributed by atoms with E-state index in [2.05, 4.69) is 9.78 Å². The van der Waals surface area contributed by atoms with Gasteiger partial charge in [-0.1, -0.05) is 12.1 Å². The van der Waals surface area contributed by atoms with E-state index in [0.717, 1.165) is 10.8 Å². The summed E-state index contributed by atoms with van der Waals surface area (Å²) in [6.07, 6.45) is 0. The summed E-state index contributed by atoms with van der Waals surface area (Å²) in [6, 6.07) is 10.7. The number of carbonyl (C=O) groups excluding carboxylic acids is 1. The van der Waals surface area contributed by atoms with Crippen LogP contribution in [0.25, 0.3) is 10.8 Å². The summed E-state index contributed by atoms with van der Waals surface area (Å²) < 4.78 is 0. The lowest BCUT2D eigenvalue weighted by Gasteiger charge is -2.03. The molecule has 2 N–H and O–H groups in total. The molecule has 0 aliphatic rings. The molecule has 4 nitrogen and oxygen atoms in total. The number of hydrogen-bond donors (Lipinski definition) is 1. The Bertz CT molecular complexity index is 537. The molecular weight excluding hydrogens is 206 g/mol. The second-order valence-corrected chi connectivity index (χ2v) is 3.36. The molecule has 2 aromatic rings. The van der Waals surface area contributed by atoms with Crippen molar-refractivity contribution in [2.75, 3.05) is 12.8 Å². The van der Waals surface area contributed by atoms with Crippen LogP contribution in [0.5, 0.6) is 0 Å². The summed E-state index contributed by atoms with van der Waals surface area (Å²) in [5, 5.41) is 1.91. The van der Waals surface area contributed by atoms with Gasteiger partial charge in [0, 0.05) is 5.69 Å². The molecule has 0 aliphatic carbocycles. The summed E-state index contributed by atoms with van der Waals surface area (Å²) in [6.45, 7) is 0. The van der Waals surface area contributed by atoms with E-state index in [4.69, 9.17) is 5.73 Å². The van der Waals surface area contributed by atoms with Crippen LogP contribution in [0.2, 0.25) is 0 Å². The molecule has 82 valence electrons. The molecule has 0 fully saturated rings. The number of rotatable bonds is 2. The standard InChI is InChI=1S/C12H11NO3/c1-15-16-12(14)10-3-2-9-7-11(13)5-4-8(9)6-10/h2-7H,13H2,1H3. The van der Waals surface area contributed by atoms with Gasteiger partial charge in [-0.2, -0.15) is 4.89 Å². The minimum atomic E-state index is -0.513. The van der Waals surface area contributed by atoms with Crippen molar-refractivity contribution in [3.8, 4) is 0 Å². The highest BCUT2D eigenvalue weighted by Gasteiger charge is 2.08. The van der Waals surface area contributed by atoms with Gasteiger partial charge in [0.2, 0.25) is 0 Å². The molecular formula is C12H11NO3. The Morgan fingerprint density at radius 1 is 1.12 bits per heavy atom. The fraction of sp³-hybridized carbons (Fsp3) is 0.0833. The first-order chi connectivity index (χ1) is 7.70. The lowest BCUT2D eigenvalue weighted by Crippen LogP contribution is -2.03. The normalized spacial score (nSPS) is 10.3. The monoisotopic (exact) mass is 217 g/mol. The second kappa shape index (κ2) is 4.20. The molecule has 0 unspecified atom stereocenters. The molecule has 0 bridgehead atoms. The summed E-state index contributed by atoms with van der Waals surface area (Å²) in [4.78, 5) is 20.1. The third kappa shape index (κ3) is 1.97. The largest absolute Gasteiger partial charge is 0.399 e. The lowest BCUT2D eigenvalue weighted by atomic mass is 10.1. The van der Waals surface area contributed by atoms with Crippen LogP contribution < -0.4 is 5.73 Å². The van der Waals surface area contributed by atoms with Gasteiger partial charge in [0.15, 0.2) is 0 Å². The number of nitrogens with two attached hydrogens (primary N) is 1. The Balaban J connectivity index is 2.44. The summed E-state index contributed by atoms with van der Waals surface area (Å²) in [5.74, 6) is -0.513. The molecule has 2 aromatic carbocycles. The van der Waals surface area contributed by atoms with E-state index in [0.29, 0.717) is 11.3 Å². The van der Waals surface area contributed by atoms with Crippen molar-refractivity contribution in [2.24, 2.45) is 0 Å². The van der Waals surface area contributed by atoms with Crippen LogP contribution in [0.1, 0.15) is 10.4 Å². The minimum Gasteiger partial charge on any atom is -0.399 e. The zero-order chi connectivity index (χ0) is 11.5. The molecule has 0 spiro atoms. The van der Waals surface area contributed by atoms with Crippen molar-refractivity contribution in [3.05, 3.63) is 42.0 Å². The van der Waals surface area contributed by atoms with Crippen molar-refractivity contribution in [1.82, 2.24) is 0 Å². The first kappa shape index (κ1) is 10.4. The zero-order valence-corrected chi connectivity index (χ0v) is 8.77. The van der Waals surface area contributed by atoms with Crippen molar-refractivity contribution in [2.45, 2.75) is 0 Å². The highest BCUT2D eigenvalue weighted by atomic mass is 17.2. The Labute approximate surface area is 92.5 Å². The molecule has 0 saturated carbocycles. The van der Waals surface area contributed by atoms with Crippen LogP contribution in [-0.4, -0.2) is 13.1 Å². The average Bonchev–Trinajstić information content (AvgIpc) is 2.28. The summed E-state index contributed by atoms with van der Waals surface area (Å²) >= 11 is 0. The zero-order valence-electron chi connectivity index (χ0n) is 8.77. The fourth-order valence-corrected chi connectivity index (χ4v) is 1.51. The summed E-state index contributed by atoms with van der Waals surface area (Å²) in [7, 11) is 1.29. The molecule has 0 heterocycles. The van der Waals surface area contributed by atoms with Crippen LogP contribution in [0.4, 0.5) is 5.69 Å². The molecule has 16 heavy (non-hydrogen) atoms. The number of anilines is 1. The van der Waals surface area contributed by atoms with Crippen molar-refractivity contribution in [1.29, 1.82) is 0 Å². The van der Waals surface area contributed by atoms with Gasteiger partial charge in [0.05, 0.1) is 12.7 Å². The van der Waals surface area contributed by atoms with Gasteiger partial charge >= 0.3 is 5.97 Å². The molecule has 2 rings (SSSR count). The SMILES string of the molecule is COOC(=O)c1ccc2cc(N)ccc2c1. The maximum atomic E-state index is 11.4. The van der Waals surface area contributed by atoms with Crippen LogP contribution >= 0.6 is 0 Å². The number of carbonyl (C=O) groups is 1. The highest BCUT2D eigenvalue weighted by Crippen LogP contribution is 2.19. The molecule has 0 aliphatic heterocycles. The van der Waals surface area contributed by atoms with Crippen molar-refractivity contribution >= 4 is 22.4 Å². The minimum absolute atomic E-state index is 0.444. The lowest BCUT2D eigenvalue weighted by molar-refractivity contribution is -0.216. The molecule has 0 atom stereocenters. The third-order valence-electron chi connectivity index (χ3n) is 2.26. The second-order valence-electron chi connectivity index (χ2n) is 3.36. The average molecular weight is 217 g/mol. The van der Waals surface area contributed by atoms with E-state index in [1.807, 2.05) is 18.2 Å². The number of nitrogen functional groups attached to an aromatic ring is 1. The maximum absolute atomic E-state index is 11.4. The van der Waals surface area contributed by atoms with Gasteiger partial charge in [-0.3, -0.25) is 4.89 Å². The van der Waals surface area contributed by atoms with Gasteiger partial charge in [0.1, 0.15) is 0 Å². The van der Waals surface area contributed by atoms with Gasteiger partial charge in [0.25, 0.3) is 0 Å². The molecule has 4 heteroatoms. The van der Waals surface area contributed by atoms with E-state index < -0.39 is 5.97 Å². The van der Waals surface area contributed by atoms with Gasteiger partial charge < -0.3 is 5.73 Å². The van der Waals surface area contributed by atoms with Gasteiger partial charge in [-0.25, -0.2) is 4.79 Å². The first-order valence-corrected chi connectivity index (χ1v) is 4.75. The Kier molecular flexibility index (Phi) is 2.74. The smallest absolute Gasteiger partial charge is 0.373 e. The first-order valence-electron chi connectivity index (χ1n) is 4.75. The number of hydrogen-bond acceptors (Lipinski definition) is 4. The predicted molar refractivity (Wildman–Crippen MR) is 60.8 cm³/mol. The van der Waals surface area contributed by atoms with E-state index in [1.54, 1.807) is 18.2 Å². The Hall–Kier alpha value is -2.07. The summed E-state index contributed by atoms with van der Waals surface area (Å²) in [5.41, 5.74) is 6.80. The highest BCUT2D eigenvalue weighted by molar-refractivity contribution is 5.95. The van der Waals surface area contributed by atoms with Crippen LogP contribution in [0.15, 0.2) is 36.4 Å². The van der Waals surface area contributed by atoms with E-state index in [-0.39, 0.29) is 0 Å². The molecule has 0 aromatic heterocycles. The van der Waals surface area contributed by atoms with Crippen LogP contribution in [-0.2, 0) is 9.78 Å². The third-order valence-corrected chi connectivity index (χ3v) is 2.26. The van der Waals surface area contributed by atoms with E-state index >= 15 is 0 Å². The van der Waals surface area contributed by atoms with Crippen LogP contribution in [0, 0.1) is 0 Å². The van der Waals surface area contributed by atoms with E-state index in [1.165, 1.54) is 7.11 Å². The topological polar surface area (TPSA) is 61.5 Å². The fourth-order valence-electron chi connectivity index (χ4n) is 1.51. The Morgan fingerprint density at radius 2 is 1.81 bits per heavy atom. The Morgan fingerprint density at radius 3 is 2.56 bits per heavy atom. The van der Waals surface area contributed by atoms with Crippen molar-refractivity contribution in [3.63, 3.8) is 0 Å². The maximum Gasteiger partial charge on any atom is 0.373 e. The molecule has 0 amide bonds. The van der Waals surface area contributed by atoms with Crippen molar-refractivity contribution < 1.29 is 14.6 Å². The molecule has 0 radical (unpaired) electrons. The van der Waals surface area contributed by atoms with Gasteiger partial charge in [-0.05, 0) is 35.0 Å². The number of benzene rings is 2.